The summed E-state index contributed by atoms with van der Waals surface area (Å²) >= 11 is 0. The number of nitrogens with zero attached hydrogens (tertiary/aromatic N) is 2. The van der Waals surface area contributed by atoms with Gasteiger partial charge in [0, 0.05) is 12.6 Å². The van der Waals surface area contributed by atoms with Crippen molar-refractivity contribution in [1.29, 1.82) is 5.26 Å². The Kier molecular flexibility index (Phi) is 3.94. The molecule has 0 aliphatic heterocycles. The summed E-state index contributed by atoms with van der Waals surface area (Å²) in [5.41, 5.74) is -0.0792. The molecule has 0 spiro atoms. The zero-order valence-electron chi connectivity index (χ0n) is 11.5. The van der Waals surface area contributed by atoms with Crippen LogP contribution in [0.5, 0.6) is 0 Å². The second-order valence-electron chi connectivity index (χ2n) is 5.53. The fourth-order valence-corrected chi connectivity index (χ4v) is 2.22. The van der Waals surface area contributed by atoms with Crippen molar-refractivity contribution in [2.24, 2.45) is 5.92 Å². The number of nitriles is 1. The molecule has 0 atom stereocenters. The van der Waals surface area contributed by atoms with Gasteiger partial charge in [0.15, 0.2) is 0 Å². The van der Waals surface area contributed by atoms with E-state index in [1.165, 1.54) is 6.07 Å². The zero-order chi connectivity index (χ0) is 14.9. The molecule has 0 unspecified atom stereocenters. The van der Waals surface area contributed by atoms with E-state index in [1.807, 2.05) is 24.8 Å². The standard InChI is InChI=1S/C15H17F3N2/c1-10(2)20(9-11-3-4-11)14-6-5-13(15(16,17)18)7-12(14)8-19/h5-7,10-11H,3-4,9H2,1-2H3. The van der Waals surface area contributed by atoms with Crippen molar-refractivity contribution in [3.8, 4) is 6.07 Å². The Bertz CT molecular complexity index is 525. The molecule has 0 amide bonds. The third-order valence-electron chi connectivity index (χ3n) is 3.53. The zero-order valence-corrected chi connectivity index (χ0v) is 11.5. The molecule has 0 bridgehead atoms. The second-order valence-corrected chi connectivity index (χ2v) is 5.53. The van der Waals surface area contributed by atoms with Crippen LogP contribution in [0.3, 0.4) is 0 Å². The molecule has 1 aliphatic rings. The number of benzene rings is 1. The predicted octanol–water partition coefficient (Wildman–Crippen LogP) is 4.20. The molecule has 0 radical (unpaired) electrons. The monoisotopic (exact) mass is 282 g/mol. The number of alkyl halides is 3. The van der Waals surface area contributed by atoms with Crippen molar-refractivity contribution < 1.29 is 13.2 Å². The molecule has 0 heterocycles. The van der Waals surface area contributed by atoms with Gasteiger partial charge in [-0.25, -0.2) is 0 Å². The van der Waals surface area contributed by atoms with Gasteiger partial charge in [-0.3, -0.25) is 0 Å². The highest BCUT2D eigenvalue weighted by Crippen LogP contribution is 2.36. The van der Waals surface area contributed by atoms with Crippen LogP contribution in [-0.2, 0) is 6.18 Å². The molecule has 1 saturated carbocycles. The molecular formula is C15H17F3N2. The highest BCUT2D eigenvalue weighted by Gasteiger charge is 2.32. The molecule has 2 nitrogen and oxygen atoms in total. The van der Waals surface area contributed by atoms with Crippen LogP contribution in [0.1, 0.15) is 37.8 Å². The SMILES string of the molecule is CC(C)N(CC1CC1)c1ccc(C(F)(F)F)cc1C#N. The molecular weight excluding hydrogens is 265 g/mol. The van der Waals surface area contributed by atoms with Gasteiger partial charge in [0.2, 0.25) is 0 Å². The van der Waals surface area contributed by atoms with Crippen LogP contribution in [0.15, 0.2) is 18.2 Å². The summed E-state index contributed by atoms with van der Waals surface area (Å²) < 4.78 is 38.1. The first kappa shape index (κ1) is 14.7. The molecule has 1 aliphatic carbocycles. The minimum absolute atomic E-state index is 0.0918. The third kappa shape index (κ3) is 3.24. The first-order valence-electron chi connectivity index (χ1n) is 6.71. The smallest absolute Gasteiger partial charge is 0.368 e. The molecule has 1 fully saturated rings. The van der Waals surface area contributed by atoms with Gasteiger partial charge in [-0.15, -0.1) is 0 Å². The second kappa shape index (κ2) is 5.35. The topological polar surface area (TPSA) is 27.0 Å². The summed E-state index contributed by atoms with van der Waals surface area (Å²) in [6, 6.07) is 5.46. The van der Waals surface area contributed by atoms with Crippen LogP contribution >= 0.6 is 0 Å². The molecule has 2 rings (SSSR count). The van der Waals surface area contributed by atoms with Gasteiger partial charge in [-0.1, -0.05) is 0 Å². The van der Waals surface area contributed by atoms with Crippen LogP contribution in [0, 0.1) is 17.2 Å². The average Bonchev–Trinajstić information content (AvgIpc) is 3.17. The fraction of sp³-hybridized carbons (Fsp3) is 0.533. The average molecular weight is 282 g/mol. The van der Waals surface area contributed by atoms with Gasteiger partial charge in [-0.05, 0) is 50.8 Å². The van der Waals surface area contributed by atoms with Crippen LogP contribution in [0.4, 0.5) is 18.9 Å². The van der Waals surface area contributed by atoms with Crippen molar-refractivity contribution in [3.05, 3.63) is 29.3 Å². The van der Waals surface area contributed by atoms with Gasteiger partial charge < -0.3 is 4.90 Å². The van der Waals surface area contributed by atoms with E-state index in [0.717, 1.165) is 31.5 Å². The normalized spacial score (nSPS) is 15.2. The number of hydrogen-bond donors (Lipinski definition) is 0. The third-order valence-corrected chi connectivity index (χ3v) is 3.53. The molecule has 20 heavy (non-hydrogen) atoms. The number of anilines is 1. The van der Waals surface area contributed by atoms with Crippen molar-refractivity contribution in [3.63, 3.8) is 0 Å². The van der Waals surface area contributed by atoms with Gasteiger partial charge in [0.05, 0.1) is 16.8 Å². The summed E-state index contributed by atoms with van der Waals surface area (Å²) in [6.45, 7) is 4.78. The Morgan fingerprint density at radius 2 is 2.00 bits per heavy atom. The minimum Gasteiger partial charge on any atom is -0.368 e. The lowest BCUT2D eigenvalue weighted by molar-refractivity contribution is -0.137. The van der Waals surface area contributed by atoms with E-state index in [2.05, 4.69) is 0 Å². The quantitative estimate of drug-likeness (QED) is 0.827. The van der Waals surface area contributed by atoms with E-state index in [9.17, 15) is 13.2 Å². The summed E-state index contributed by atoms with van der Waals surface area (Å²) in [5, 5.41) is 9.15. The molecule has 0 N–H and O–H groups in total. The summed E-state index contributed by atoms with van der Waals surface area (Å²) in [6.07, 6.45) is -2.10. The van der Waals surface area contributed by atoms with Gasteiger partial charge >= 0.3 is 6.18 Å². The molecule has 108 valence electrons. The van der Waals surface area contributed by atoms with Crippen LogP contribution in [-0.4, -0.2) is 12.6 Å². The van der Waals surface area contributed by atoms with E-state index in [-0.39, 0.29) is 11.6 Å². The van der Waals surface area contributed by atoms with E-state index in [0.29, 0.717) is 11.6 Å². The Balaban J connectivity index is 2.36. The Morgan fingerprint density at radius 1 is 1.35 bits per heavy atom. The maximum absolute atomic E-state index is 12.7. The maximum Gasteiger partial charge on any atom is 0.416 e. The van der Waals surface area contributed by atoms with Crippen LogP contribution < -0.4 is 4.90 Å². The Morgan fingerprint density at radius 3 is 2.45 bits per heavy atom. The minimum atomic E-state index is -4.41. The molecule has 1 aromatic carbocycles. The van der Waals surface area contributed by atoms with Crippen molar-refractivity contribution in [2.75, 3.05) is 11.4 Å². The molecule has 0 saturated heterocycles. The predicted molar refractivity (Wildman–Crippen MR) is 71.4 cm³/mol. The van der Waals surface area contributed by atoms with Gasteiger partial charge in [-0.2, -0.15) is 18.4 Å². The van der Waals surface area contributed by atoms with Crippen molar-refractivity contribution in [1.82, 2.24) is 0 Å². The van der Waals surface area contributed by atoms with E-state index < -0.39 is 11.7 Å². The maximum atomic E-state index is 12.7. The molecule has 5 heteroatoms. The summed E-state index contributed by atoms with van der Waals surface area (Å²) in [4.78, 5) is 2.02. The van der Waals surface area contributed by atoms with E-state index in [1.54, 1.807) is 0 Å². The fourth-order valence-electron chi connectivity index (χ4n) is 2.22. The van der Waals surface area contributed by atoms with Crippen LogP contribution in [0.25, 0.3) is 0 Å². The lowest BCUT2D eigenvalue weighted by Crippen LogP contribution is -2.33. The molecule has 0 aromatic heterocycles. The number of halogens is 3. The largest absolute Gasteiger partial charge is 0.416 e. The number of rotatable bonds is 4. The van der Waals surface area contributed by atoms with Crippen LogP contribution in [0.2, 0.25) is 0 Å². The Hall–Kier alpha value is -1.70. The van der Waals surface area contributed by atoms with Gasteiger partial charge in [0.25, 0.3) is 0 Å². The summed E-state index contributed by atoms with van der Waals surface area (Å²) in [5.74, 6) is 0.603. The van der Waals surface area contributed by atoms with E-state index in [4.69, 9.17) is 5.26 Å². The highest BCUT2D eigenvalue weighted by atomic mass is 19.4. The summed E-state index contributed by atoms with van der Waals surface area (Å²) in [7, 11) is 0. The van der Waals surface area contributed by atoms with E-state index >= 15 is 0 Å². The molecule has 1 aromatic rings. The lowest BCUT2D eigenvalue weighted by atomic mass is 10.1. The highest BCUT2D eigenvalue weighted by molar-refractivity contribution is 5.61. The first-order chi connectivity index (χ1) is 9.32. The number of hydrogen-bond acceptors (Lipinski definition) is 2. The lowest BCUT2D eigenvalue weighted by Gasteiger charge is -2.30. The first-order valence-corrected chi connectivity index (χ1v) is 6.71. The van der Waals surface area contributed by atoms with Gasteiger partial charge in [0.1, 0.15) is 6.07 Å². The van der Waals surface area contributed by atoms with Crippen molar-refractivity contribution in [2.45, 2.75) is 38.9 Å². The van der Waals surface area contributed by atoms with Crippen molar-refractivity contribution >= 4 is 5.69 Å². The Labute approximate surface area is 116 Å².